The molecule has 0 aliphatic heterocycles. The van der Waals surface area contributed by atoms with Gasteiger partial charge >= 0.3 is 64.7 Å². The molecule has 0 aromatic rings. The van der Waals surface area contributed by atoms with Crippen LogP contribution in [-0.2, 0) is 52.8 Å². The van der Waals surface area contributed by atoms with Crippen molar-refractivity contribution in [2.24, 2.45) is 0 Å². The molecule has 2 nitrogen and oxygen atoms in total. The van der Waals surface area contributed by atoms with E-state index in [0.29, 0.717) is 52.8 Å². The first kappa shape index (κ1) is 6.16. The van der Waals surface area contributed by atoms with Crippen molar-refractivity contribution >= 4 is 0 Å². The fraction of sp³-hybridized carbons (Fsp3) is 0. The van der Waals surface area contributed by atoms with Crippen molar-refractivity contribution in [3.8, 4) is 6.19 Å². The van der Waals surface area contributed by atoms with Gasteiger partial charge in [-0.2, -0.15) is 0 Å². The SMILES string of the molecule is N#C[N]([Hg])[Hg]. The fourth-order valence-corrected chi connectivity index (χ4v) is 0. The average Bonchev–Trinajstić information content (AvgIpc) is 1.38. The molecule has 0 saturated heterocycles. The van der Waals surface area contributed by atoms with Gasteiger partial charge in [0, 0.05) is 0 Å². The Morgan fingerprint density at radius 3 is 1.80 bits per heavy atom. The van der Waals surface area contributed by atoms with Crippen LogP contribution in [-0.4, -0.2) is 0.428 Å². The summed E-state index contributed by atoms with van der Waals surface area (Å²) in [6.07, 6.45) is 2.03. The first-order chi connectivity index (χ1) is 2.27. The Bertz CT molecular complexity index is 53.2. The van der Waals surface area contributed by atoms with Gasteiger partial charge in [-0.25, -0.2) is 0 Å². The summed E-state index contributed by atoms with van der Waals surface area (Å²) in [4.78, 5) is 0. The zero-order chi connectivity index (χ0) is 4.28. The van der Waals surface area contributed by atoms with E-state index in [1.54, 1.807) is 0 Å². The Balaban J connectivity index is 2.94. The Labute approximate surface area is 63.9 Å². The number of rotatable bonds is 0. The van der Waals surface area contributed by atoms with E-state index in [-0.39, 0.29) is 0 Å². The average molecular weight is 441 g/mol. The van der Waals surface area contributed by atoms with Crippen LogP contribution < -0.4 is 0 Å². The summed E-state index contributed by atoms with van der Waals surface area (Å²) in [5.74, 6) is 0. The molecule has 0 rings (SSSR count). The monoisotopic (exact) mass is 444 g/mol. The maximum atomic E-state index is 7.92. The zero-order valence-corrected chi connectivity index (χ0v) is 13.8. The summed E-state index contributed by atoms with van der Waals surface area (Å²) in [5, 5.41) is 7.92. The molecule has 0 radical (unpaired) electrons. The van der Waals surface area contributed by atoms with Crippen molar-refractivity contribution in [1.82, 2.24) is 0.428 Å². The summed E-state index contributed by atoms with van der Waals surface area (Å²) in [7, 11) is 0. The summed E-state index contributed by atoms with van der Waals surface area (Å²) in [6.45, 7) is 0. The van der Waals surface area contributed by atoms with Gasteiger partial charge in [0.05, 0.1) is 0 Å². The molecule has 0 aromatic heterocycles. The van der Waals surface area contributed by atoms with Gasteiger partial charge < -0.3 is 0 Å². The Hall–Kier alpha value is 1.16. The van der Waals surface area contributed by atoms with Gasteiger partial charge in [-0.05, 0) is 0 Å². The van der Waals surface area contributed by atoms with Crippen molar-refractivity contribution in [1.29, 1.82) is 5.26 Å². The van der Waals surface area contributed by atoms with Gasteiger partial charge in [0.1, 0.15) is 0 Å². The number of nitriles is 1. The van der Waals surface area contributed by atoms with Crippen molar-refractivity contribution in [3.63, 3.8) is 0 Å². The molecule has 0 bridgehead atoms. The van der Waals surface area contributed by atoms with Crippen LogP contribution in [0.15, 0.2) is 0 Å². The van der Waals surface area contributed by atoms with Gasteiger partial charge in [0.25, 0.3) is 0 Å². The van der Waals surface area contributed by atoms with E-state index in [1.807, 2.05) is 6.62 Å². The summed E-state index contributed by atoms with van der Waals surface area (Å²) in [6, 6.07) is 0. The van der Waals surface area contributed by atoms with Crippen LogP contribution in [0.2, 0.25) is 0 Å². The molecule has 0 fully saturated rings. The molecule has 5 heavy (non-hydrogen) atoms. The molecule has 18 valence electrons. The zero-order valence-electron chi connectivity index (χ0n) is 2.81. The topological polar surface area (TPSA) is 27.0 Å². The second kappa shape index (κ2) is 3.35. The van der Waals surface area contributed by atoms with Crippen molar-refractivity contribution < 1.29 is 52.8 Å². The predicted octanol–water partition coefficient (Wildman–Crippen LogP) is -0.307. The van der Waals surface area contributed by atoms with Gasteiger partial charge in [-0.3, -0.25) is 0 Å². The van der Waals surface area contributed by atoms with Crippen molar-refractivity contribution in [3.05, 3.63) is 0 Å². The van der Waals surface area contributed by atoms with E-state index in [4.69, 9.17) is 5.26 Å². The molecular formula is CHg2N2. The van der Waals surface area contributed by atoms with Crippen LogP contribution in [0.25, 0.3) is 0 Å². The van der Waals surface area contributed by atoms with Gasteiger partial charge in [0.2, 0.25) is 0 Å². The van der Waals surface area contributed by atoms with E-state index < -0.39 is 0 Å². The molecule has 0 unspecified atom stereocenters. The van der Waals surface area contributed by atoms with E-state index in [0.717, 1.165) is 0 Å². The van der Waals surface area contributed by atoms with Crippen LogP contribution in [0.1, 0.15) is 0 Å². The maximum absolute atomic E-state index is 7.92. The van der Waals surface area contributed by atoms with Gasteiger partial charge in [0.15, 0.2) is 0 Å². The molecular weight excluding hydrogens is 441 g/mol. The molecule has 0 aliphatic rings. The molecule has 0 spiro atoms. The van der Waals surface area contributed by atoms with Crippen molar-refractivity contribution in [2.45, 2.75) is 0 Å². The van der Waals surface area contributed by atoms with Gasteiger partial charge in [-0.1, -0.05) is 0 Å². The molecule has 0 heterocycles. The van der Waals surface area contributed by atoms with Crippen LogP contribution >= 0.6 is 0 Å². The molecule has 0 amide bonds. The van der Waals surface area contributed by atoms with E-state index in [2.05, 4.69) is 0 Å². The molecule has 0 saturated carbocycles. The summed E-state index contributed by atoms with van der Waals surface area (Å²) < 4.78 is 1.82. The third-order valence-corrected chi connectivity index (χ3v) is 1.24. The number of hydrogen-bond donors (Lipinski definition) is 0. The Morgan fingerprint density at radius 2 is 1.80 bits per heavy atom. The third kappa shape index (κ3) is 5.16. The molecule has 0 aromatic carbocycles. The van der Waals surface area contributed by atoms with Crippen LogP contribution in [0.5, 0.6) is 0 Å². The van der Waals surface area contributed by atoms with Gasteiger partial charge in [-0.15, -0.1) is 0 Å². The summed E-state index contributed by atoms with van der Waals surface area (Å²) in [5.41, 5.74) is 0. The number of nitrogens with zero attached hydrogens (tertiary/aromatic N) is 2. The Kier molecular flexibility index (Phi) is 4.13. The number of hydrogen-bond acceptors (Lipinski definition) is 2. The minimum atomic E-state index is 0.587. The normalized spacial score (nSPS) is 6.20. The summed E-state index contributed by atoms with van der Waals surface area (Å²) >= 11 is 1.17. The molecule has 4 heteroatoms. The van der Waals surface area contributed by atoms with Crippen molar-refractivity contribution in [2.75, 3.05) is 0 Å². The van der Waals surface area contributed by atoms with E-state index >= 15 is 0 Å². The quantitative estimate of drug-likeness (QED) is 0.293. The molecule has 0 N–H and O–H groups in total. The minimum absolute atomic E-state index is 0.587. The van der Waals surface area contributed by atoms with Crippen LogP contribution in [0, 0.1) is 11.5 Å². The van der Waals surface area contributed by atoms with E-state index in [9.17, 15) is 0 Å². The van der Waals surface area contributed by atoms with Crippen LogP contribution in [0.4, 0.5) is 0 Å². The Morgan fingerprint density at radius 1 is 1.60 bits per heavy atom. The predicted molar refractivity (Wildman–Crippen MR) is 7.45 cm³/mol. The first-order valence-corrected chi connectivity index (χ1v) is 6.00. The fourth-order valence-electron chi connectivity index (χ4n) is 0. The molecule has 0 aliphatic carbocycles. The standard InChI is InChI=1S/CN2.2Hg/c2-1-3;;. The first-order valence-electron chi connectivity index (χ1n) is 1.08. The second-order valence-electron chi connectivity index (χ2n) is 0.640. The van der Waals surface area contributed by atoms with Crippen LogP contribution in [0.3, 0.4) is 0 Å². The molecule has 0 atom stereocenters. The van der Waals surface area contributed by atoms with E-state index in [1.165, 1.54) is 0 Å². The third-order valence-electron chi connectivity index (χ3n) is 0.141. The second-order valence-corrected chi connectivity index (χ2v) is 20.1.